The number of likely N-dealkylation sites (tertiary alicyclic amines) is 1. The van der Waals surface area contributed by atoms with Crippen molar-refractivity contribution >= 4 is 11.9 Å². The van der Waals surface area contributed by atoms with Crippen LogP contribution in [0.1, 0.15) is 62.0 Å². The monoisotopic (exact) mass is 540 g/mol. The lowest BCUT2D eigenvalue weighted by Gasteiger charge is -2.29. The highest BCUT2D eigenvalue weighted by molar-refractivity contribution is 5.79. The van der Waals surface area contributed by atoms with Crippen molar-refractivity contribution in [3.05, 3.63) is 47.7 Å². The number of carbonyl (C=O) groups is 2. The quantitative estimate of drug-likeness (QED) is 0.342. The van der Waals surface area contributed by atoms with Gasteiger partial charge in [-0.15, -0.1) is 0 Å². The number of aromatic nitrogens is 1. The van der Waals surface area contributed by atoms with E-state index < -0.39 is 11.9 Å². The SMILES string of the molecule is CCCCN(CCCCN(C)C)C(=O)CN1C[C@H](c2ccc3c(c2)CCO3)C(C(=O)O)[C@@H]1CCc1ncco1. The van der Waals surface area contributed by atoms with Crippen LogP contribution in [0, 0.1) is 5.92 Å². The zero-order valence-corrected chi connectivity index (χ0v) is 23.7. The summed E-state index contributed by atoms with van der Waals surface area (Å²) >= 11 is 0. The van der Waals surface area contributed by atoms with Crippen molar-refractivity contribution < 1.29 is 23.8 Å². The van der Waals surface area contributed by atoms with E-state index in [1.54, 1.807) is 6.20 Å². The first kappa shape index (κ1) is 29.1. The van der Waals surface area contributed by atoms with Gasteiger partial charge < -0.3 is 24.1 Å². The number of benzene rings is 1. The fourth-order valence-corrected chi connectivity index (χ4v) is 5.99. The number of aryl methyl sites for hydroxylation is 1. The van der Waals surface area contributed by atoms with Gasteiger partial charge in [0.1, 0.15) is 12.0 Å². The number of fused-ring (bicyclic) bond motifs is 1. The highest BCUT2D eigenvalue weighted by Gasteiger charge is 2.47. The van der Waals surface area contributed by atoms with Gasteiger partial charge in [0, 0.05) is 44.4 Å². The molecule has 1 amide bonds. The number of rotatable bonds is 15. The standard InChI is InChI=1S/C30H44N4O5/c1-4-5-15-33(16-7-6-14-32(2)3)28(35)21-34-20-24(22-8-10-26-23(19-22)12-17-38-26)29(30(36)37)25(34)9-11-27-31-13-18-39-27/h8,10,13,18-19,24-25,29H,4-7,9,11-12,14-17,20-21H2,1-3H3,(H,36,37)/t24-,25+,29?/m1/s1. The number of oxazole rings is 1. The Morgan fingerprint density at radius 3 is 2.67 bits per heavy atom. The van der Waals surface area contributed by atoms with Crippen LogP contribution in [0.15, 0.2) is 35.1 Å². The van der Waals surface area contributed by atoms with E-state index in [9.17, 15) is 14.7 Å². The number of nitrogens with zero attached hydrogens (tertiary/aromatic N) is 4. The summed E-state index contributed by atoms with van der Waals surface area (Å²) in [6.45, 7) is 6.02. The smallest absolute Gasteiger partial charge is 0.308 e. The Labute approximate surface area is 232 Å². The first-order chi connectivity index (χ1) is 18.9. The average Bonchev–Trinajstić information content (AvgIpc) is 3.66. The second-order valence-electron chi connectivity index (χ2n) is 11.1. The number of aliphatic carboxylic acids is 1. The number of carboxylic acids is 1. The van der Waals surface area contributed by atoms with Crippen molar-refractivity contribution in [1.29, 1.82) is 0 Å². The molecule has 0 saturated carbocycles. The third-order valence-corrected chi connectivity index (χ3v) is 8.07. The molecule has 1 unspecified atom stereocenters. The van der Waals surface area contributed by atoms with Crippen LogP contribution < -0.4 is 4.74 Å². The molecule has 214 valence electrons. The van der Waals surface area contributed by atoms with Gasteiger partial charge in [-0.1, -0.05) is 25.5 Å². The fourth-order valence-electron chi connectivity index (χ4n) is 5.99. The minimum Gasteiger partial charge on any atom is -0.493 e. The molecule has 1 aromatic heterocycles. The summed E-state index contributed by atoms with van der Waals surface area (Å²) in [5.74, 6) is -0.0969. The number of hydrogen-bond donors (Lipinski definition) is 1. The van der Waals surface area contributed by atoms with Gasteiger partial charge >= 0.3 is 5.97 Å². The van der Waals surface area contributed by atoms with Gasteiger partial charge in [-0.2, -0.15) is 0 Å². The topological polar surface area (TPSA) is 99.3 Å². The largest absolute Gasteiger partial charge is 0.493 e. The summed E-state index contributed by atoms with van der Waals surface area (Å²) in [6.07, 6.45) is 9.06. The maximum atomic E-state index is 13.7. The summed E-state index contributed by atoms with van der Waals surface area (Å²) < 4.78 is 11.1. The van der Waals surface area contributed by atoms with Crippen LogP contribution in [0.5, 0.6) is 5.75 Å². The summed E-state index contributed by atoms with van der Waals surface area (Å²) in [6, 6.07) is 5.78. The molecule has 0 bridgehead atoms. The summed E-state index contributed by atoms with van der Waals surface area (Å²) in [4.78, 5) is 36.9. The fraction of sp³-hybridized carbons (Fsp3) is 0.633. The molecule has 0 aliphatic carbocycles. The van der Waals surface area contributed by atoms with E-state index in [2.05, 4.69) is 41.9 Å². The Morgan fingerprint density at radius 1 is 1.15 bits per heavy atom. The van der Waals surface area contributed by atoms with Crippen LogP contribution in [-0.2, 0) is 22.4 Å². The lowest BCUT2D eigenvalue weighted by molar-refractivity contribution is -0.143. The number of hydrogen-bond acceptors (Lipinski definition) is 7. The molecule has 1 saturated heterocycles. The number of carbonyl (C=O) groups excluding carboxylic acids is 1. The van der Waals surface area contributed by atoms with E-state index in [0.717, 1.165) is 68.6 Å². The molecule has 2 aliphatic rings. The lowest BCUT2D eigenvalue weighted by Crippen LogP contribution is -2.45. The van der Waals surface area contributed by atoms with E-state index in [0.29, 0.717) is 31.9 Å². The zero-order valence-electron chi connectivity index (χ0n) is 23.7. The number of ether oxygens (including phenoxy) is 1. The highest BCUT2D eigenvalue weighted by Crippen LogP contribution is 2.41. The maximum absolute atomic E-state index is 13.7. The van der Waals surface area contributed by atoms with E-state index in [-0.39, 0.29) is 24.4 Å². The molecule has 0 radical (unpaired) electrons. The van der Waals surface area contributed by atoms with Crippen LogP contribution in [0.25, 0.3) is 0 Å². The Bertz CT molecular complexity index is 1070. The van der Waals surface area contributed by atoms with Crippen LogP contribution >= 0.6 is 0 Å². The van der Waals surface area contributed by atoms with Gasteiger partial charge in [-0.25, -0.2) is 4.98 Å². The Balaban J connectivity index is 1.53. The molecular formula is C30H44N4O5. The summed E-state index contributed by atoms with van der Waals surface area (Å²) in [5, 5.41) is 10.4. The predicted octanol–water partition coefficient (Wildman–Crippen LogP) is 3.68. The van der Waals surface area contributed by atoms with Gasteiger partial charge in [0.05, 0.1) is 25.3 Å². The first-order valence-electron chi connectivity index (χ1n) is 14.4. The van der Waals surface area contributed by atoms with Gasteiger partial charge in [-0.05, 0) is 63.5 Å². The van der Waals surface area contributed by atoms with E-state index >= 15 is 0 Å². The van der Waals surface area contributed by atoms with Crippen LogP contribution in [0.2, 0.25) is 0 Å². The van der Waals surface area contributed by atoms with Gasteiger partial charge in [0.25, 0.3) is 0 Å². The Kier molecular flexibility index (Phi) is 10.4. The molecule has 2 aliphatic heterocycles. The van der Waals surface area contributed by atoms with Crippen LogP contribution in [0.4, 0.5) is 0 Å². The molecular weight excluding hydrogens is 496 g/mol. The predicted molar refractivity (Wildman–Crippen MR) is 149 cm³/mol. The van der Waals surface area contributed by atoms with Crippen molar-refractivity contribution in [2.45, 2.75) is 63.8 Å². The van der Waals surface area contributed by atoms with Crippen molar-refractivity contribution in [1.82, 2.24) is 19.7 Å². The molecule has 9 heteroatoms. The second-order valence-corrected chi connectivity index (χ2v) is 11.1. The van der Waals surface area contributed by atoms with E-state index in [4.69, 9.17) is 9.15 Å². The molecule has 3 heterocycles. The van der Waals surface area contributed by atoms with Crippen molar-refractivity contribution in [3.8, 4) is 5.75 Å². The molecule has 1 fully saturated rings. The number of amides is 1. The molecule has 1 N–H and O–H groups in total. The molecule has 1 aromatic carbocycles. The molecule has 0 spiro atoms. The zero-order chi connectivity index (χ0) is 27.8. The number of carboxylic acid groups (broad SMARTS) is 1. The molecule has 39 heavy (non-hydrogen) atoms. The van der Waals surface area contributed by atoms with Crippen molar-refractivity contribution in [2.24, 2.45) is 5.92 Å². The second kappa shape index (κ2) is 13.9. The third kappa shape index (κ3) is 7.60. The van der Waals surface area contributed by atoms with Crippen LogP contribution in [-0.4, -0.2) is 96.1 Å². The third-order valence-electron chi connectivity index (χ3n) is 8.07. The van der Waals surface area contributed by atoms with Crippen molar-refractivity contribution in [2.75, 3.05) is 53.4 Å². The van der Waals surface area contributed by atoms with Crippen molar-refractivity contribution in [3.63, 3.8) is 0 Å². The average molecular weight is 541 g/mol. The minimum absolute atomic E-state index is 0.0848. The lowest BCUT2D eigenvalue weighted by atomic mass is 9.83. The molecule has 4 rings (SSSR count). The Hall–Kier alpha value is -2.91. The number of unbranched alkanes of at least 4 members (excludes halogenated alkanes) is 2. The van der Waals surface area contributed by atoms with E-state index in [1.165, 1.54) is 6.26 Å². The normalized spacial score (nSPS) is 20.8. The summed E-state index contributed by atoms with van der Waals surface area (Å²) in [7, 11) is 4.13. The molecule has 2 aromatic rings. The Morgan fingerprint density at radius 2 is 1.95 bits per heavy atom. The van der Waals surface area contributed by atoms with Gasteiger partial charge in [0.15, 0.2) is 5.89 Å². The maximum Gasteiger partial charge on any atom is 0.308 e. The van der Waals surface area contributed by atoms with E-state index in [1.807, 2.05) is 17.0 Å². The minimum atomic E-state index is -0.823. The first-order valence-corrected chi connectivity index (χ1v) is 14.4. The summed E-state index contributed by atoms with van der Waals surface area (Å²) in [5.41, 5.74) is 2.14. The molecule has 3 atom stereocenters. The van der Waals surface area contributed by atoms with Gasteiger partial charge in [-0.3, -0.25) is 14.5 Å². The van der Waals surface area contributed by atoms with Gasteiger partial charge in [0.2, 0.25) is 5.91 Å². The highest BCUT2D eigenvalue weighted by atomic mass is 16.5. The molecule has 9 nitrogen and oxygen atoms in total. The van der Waals surface area contributed by atoms with Crippen LogP contribution in [0.3, 0.4) is 0 Å².